The molecule has 9 nitrogen and oxygen atoms in total. The first kappa shape index (κ1) is 67.9. The van der Waals surface area contributed by atoms with E-state index in [1.54, 1.807) is 6.08 Å². The molecule has 0 radical (unpaired) electrons. The molecule has 1 amide bonds. The number of rotatable bonds is 52. The number of allylic oxidation sites excluding steroid dienone is 9. The molecule has 420 valence electrons. The van der Waals surface area contributed by atoms with Crippen LogP contribution in [0.3, 0.4) is 0 Å². The summed E-state index contributed by atoms with van der Waals surface area (Å²) in [5, 5.41) is 54.5. The van der Waals surface area contributed by atoms with Gasteiger partial charge in [0, 0.05) is 6.42 Å². The molecule has 6 N–H and O–H groups in total. The number of aliphatic hydroxyl groups excluding tert-OH is 5. The third kappa shape index (κ3) is 41.2. The lowest BCUT2D eigenvalue weighted by Crippen LogP contribution is -2.60. The topological polar surface area (TPSA) is 149 Å². The van der Waals surface area contributed by atoms with Gasteiger partial charge in [-0.1, -0.05) is 274 Å². The second-order valence-corrected chi connectivity index (χ2v) is 21.1. The Morgan fingerprint density at radius 1 is 0.486 bits per heavy atom. The number of unbranched alkanes of at least 4 members (excludes halogenated alkanes) is 34. The Hall–Kier alpha value is -2.11. The number of hydrogen-bond acceptors (Lipinski definition) is 8. The summed E-state index contributed by atoms with van der Waals surface area (Å²) in [6, 6.07) is -0.822. The van der Waals surface area contributed by atoms with Gasteiger partial charge in [-0.25, -0.2) is 0 Å². The van der Waals surface area contributed by atoms with Gasteiger partial charge in [0.2, 0.25) is 5.91 Å². The lowest BCUT2D eigenvalue weighted by Gasteiger charge is -2.40. The smallest absolute Gasteiger partial charge is 0.220 e. The normalized spacial score (nSPS) is 19.6. The van der Waals surface area contributed by atoms with E-state index in [4.69, 9.17) is 9.47 Å². The molecule has 9 heteroatoms. The maximum Gasteiger partial charge on any atom is 0.220 e. The van der Waals surface area contributed by atoms with Crippen molar-refractivity contribution < 1.29 is 39.8 Å². The molecule has 0 aliphatic carbocycles. The summed E-state index contributed by atoms with van der Waals surface area (Å²) in [7, 11) is 0. The fourth-order valence-electron chi connectivity index (χ4n) is 9.56. The van der Waals surface area contributed by atoms with E-state index in [0.717, 1.165) is 77.0 Å². The third-order valence-electron chi connectivity index (χ3n) is 14.3. The van der Waals surface area contributed by atoms with Gasteiger partial charge in [0.15, 0.2) is 6.29 Å². The molecule has 7 atom stereocenters. The molecule has 1 heterocycles. The highest BCUT2D eigenvalue weighted by molar-refractivity contribution is 5.76. The molecular formula is C63H115NO8. The van der Waals surface area contributed by atoms with Gasteiger partial charge in [0.25, 0.3) is 0 Å². The summed E-state index contributed by atoms with van der Waals surface area (Å²) in [5.74, 6) is -0.199. The standard InChI is InChI=1S/C63H115NO8/c1-3-5-7-9-11-13-15-17-19-21-22-23-24-25-26-27-28-29-30-31-32-33-34-35-37-38-40-42-44-46-48-50-52-57(66)56(55-71-63-62(70)61(69)60(68)58(54-65)72-63)64-59(67)53-51-49-47-45-43-41-39-36-20-18-16-14-12-10-8-6-4-2/h6,8,12,14,18,20,39,41,50,52,56-58,60-63,65-66,68-70H,3-5,7,9-11,13,15-17,19,21-38,40,42-49,51,53-55H2,1-2H3,(H,64,67)/b8-6-,14-12-,20-18-,41-39-,52-50+. The quantitative estimate of drug-likeness (QED) is 0.0261. The van der Waals surface area contributed by atoms with Crippen LogP contribution in [0.1, 0.15) is 277 Å². The van der Waals surface area contributed by atoms with Gasteiger partial charge in [-0.2, -0.15) is 0 Å². The monoisotopic (exact) mass is 1010 g/mol. The highest BCUT2D eigenvalue weighted by atomic mass is 16.7. The van der Waals surface area contributed by atoms with Crippen molar-refractivity contribution in [2.24, 2.45) is 0 Å². The van der Waals surface area contributed by atoms with Crippen molar-refractivity contribution in [3.05, 3.63) is 60.8 Å². The largest absolute Gasteiger partial charge is 0.394 e. The zero-order valence-corrected chi connectivity index (χ0v) is 46.7. The maximum atomic E-state index is 13.0. The predicted octanol–water partition coefficient (Wildman–Crippen LogP) is 15.5. The van der Waals surface area contributed by atoms with Gasteiger partial charge < -0.3 is 40.3 Å². The van der Waals surface area contributed by atoms with Gasteiger partial charge >= 0.3 is 0 Å². The summed E-state index contributed by atoms with van der Waals surface area (Å²) in [5.41, 5.74) is 0. The lowest BCUT2D eigenvalue weighted by molar-refractivity contribution is -0.302. The number of hydrogen-bond donors (Lipinski definition) is 6. The summed E-state index contributed by atoms with van der Waals surface area (Å²) < 4.78 is 11.3. The first-order valence-electron chi connectivity index (χ1n) is 30.5. The van der Waals surface area contributed by atoms with Crippen molar-refractivity contribution in [2.75, 3.05) is 13.2 Å². The van der Waals surface area contributed by atoms with Crippen molar-refractivity contribution in [1.29, 1.82) is 0 Å². The molecule has 72 heavy (non-hydrogen) atoms. The van der Waals surface area contributed by atoms with E-state index in [2.05, 4.69) is 67.8 Å². The molecule has 1 aliphatic rings. The highest BCUT2D eigenvalue weighted by Crippen LogP contribution is 2.23. The number of amides is 1. The van der Waals surface area contributed by atoms with Gasteiger partial charge in [-0.15, -0.1) is 0 Å². The summed E-state index contributed by atoms with van der Waals surface area (Å²) in [6.07, 6.45) is 64.5. The predicted molar refractivity (Wildman–Crippen MR) is 304 cm³/mol. The van der Waals surface area contributed by atoms with Crippen LogP contribution in [0.2, 0.25) is 0 Å². The van der Waals surface area contributed by atoms with Crippen LogP contribution in [-0.2, 0) is 14.3 Å². The summed E-state index contributed by atoms with van der Waals surface area (Å²) >= 11 is 0. The van der Waals surface area contributed by atoms with Crippen LogP contribution >= 0.6 is 0 Å². The van der Waals surface area contributed by atoms with Crippen molar-refractivity contribution in [3.8, 4) is 0 Å². The van der Waals surface area contributed by atoms with Crippen molar-refractivity contribution >= 4 is 5.91 Å². The molecule has 1 saturated heterocycles. The van der Waals surface area contributed by atoms with Gasteiger partial charge in [0.1, 0.15) is 24.4 Å². The molecule has 0 bridgehead atoms. The Morgan fingerprint density at radius 2 is 0.861 bits per heavy atom. The van der Waals surface area contributed by atoms with E-state index in [1.165, 1.54) is 180 Å². The van der Waals surface area contributed by atoms with Crippen LogP contribution in [0.15, 0.2) is 60.8 Å². The number of nitrogens with one attached hydrogen (secondary N) is 1. The van der Waals surface area contributed by atoms with Crippen molar-refractivity contribution in [3.63, 3.8) is 0 Å². The molecule has 0 aromatic carbocycles. The third-order valence-corrected chi connectivity index (χ3v) is 14.3. The molecule has 0 aromatic heterocycles. The number of aliphatic hydroxyl groups is 5. The van der Waals surface area contributed by atoms with E-state index < -0.39 is 49.5 Å². The zero-order valence-electron chi connectivity index (χ0n) is 46.7. The first-order valence-corrected chi connectivity index (χ1v) is 30.5. The number of carbonyl (C=O) groups is 1. The van der Waals surface area contributed by atoms with Gasteiger partial charge in [0.05, 0.1) is 25.4 Å². The Bertz CT molecular complexity index is 1310. The van der Waals surface area contributed by atoms with E-state index in [1.807, 2.05) is 6.08 Å². The van der Waals surface area contributed by atoms with E-state index in [9.17, 15) is 30.3 Å². The molecular weight excluding hydrogens is 899 g/mol. The minimum atomic E-state index is -1.57. The second-order valence-electron chi connectivity index (χ2n) is 21.1. The summed E-state index contributed by atoms with van der Waals surface area (Å²) in [4.78, 5) is 13.0. The van der Waals surface area contributed by atoms with E-state index in [0.29, 0.717) is 6.42 Å². The fourth-order valence-corrected chi connectivity index (χ4v) is 9.56. The fraction of sp³-hybridized carbons (Fsp3) is 0.825. The molecule has 1 aliphatic heterocycles. The van der Waals surface area contributed by atoms with Crippen LogP contribution in [0.25, 0.3) is 0 Å². The summed E-state index contributed by atoms with van der Waals surface area (Å²) in [6.45, 7) is 3.67. The second kappa shape index (κ2) is 52.3. The SMILES string of the molecule is CC/C=C\C/C=C\C/C=C\C/C=C\CCCCCCC(=O)NC(COC1OC(CO)C(O)C(O)C1O)C(O)/C=C/CCCCCCCCCCCCCCCCCCCCCCCCCCCCCCCC. The molecule has 0 aromatic rings. The Balaban J connectivity index is 2.16. The first-order chi connectivity index (χ1) is 35.3. The van der Waals surface area contributed by atoms with Crippen LogP contribution in [0, 0.1) is 0 Å². The average molecular weight is 1010 g/mol. The molecule has 1 rings (SSSR count). The maximum absolute atomic E-state index is 13.0. The van der Waals surface area contributed by atoms with Crippen molar-refractivity contribution in [1.82, 2.24) is 5.32 Å². The van der Waals surface area contributed by atoms with Crippen LogP contribution in [-0.4, -0.2) is 87.5 Å². The average Bonchev–Trinajstić information content (AvgIpc) is 3.38. The lowest BCUT2D eigenvalue weighted by atomic mass is 9.99. The minimum Gasteiger partial charge on any atom is -0.394 e. The molecule has 0 saturated carbocycles. The van der Waals surface area contributed by atoms with E-state index in [-0.39, 0.29) is 12.5 Å². The minimum absolute atomic E-state index is 0.199. The highest BCUT2D eigenvalue weighted by Gasteiger charge is 2.44. The van der Waals surface area contributed by atoms with E-state index >= 15 is 0 Å². The van der Waals surface area contributed by atoms with Crippen molar-refractivity contribution in [2.45, 2.75) is 320 Å². The molecule has 7 unspecified atom stereocenters. The van der Waals surface area contributed by atoms with Crippen LogP contribution in [0.4, 0.5) is 0 Å². The van der Waals surface area contributed by atoms with Gasteiger partial charge in [-0.3, -0.25) is 4.79 Å². The number of carbonyl (C=O) groups excluding carboxylic acids is 1. The van der Waals surface area contributed by atoms with Crippen LogP contribution in [0.5, 0.6) is 0 Å². The molecule has 1 fully saturated rings. The Labute approximate surface area is 443 Å². The van der Waals surface area contributed by atoms with Crippen LogP contribution < -0.4 is 5.32 Å². The zero-order chi connectivity index (χ0) is 52.2. The number of ether oxygens (including phenoxy) is 2. The molecule has 0 spiro atoms. The Kier molecular flexibility index (Phi) is 49.4. The van der Waals surface area contributed by atoms with Gasteiger partial charge in [-0.05, 0) is 57.8 Å². The Morgan fingerprint density at radius 3 is 1.28 bits per heavy atom.